The van der Waals surface area contributed by atoms with Gasteiger partial charge < -0.3 is 19.5 Å². The molecule has 0 aromatic heterocycles. The number of carbonyl (C=O) groups is 1. The van der Waals surface area contributed by atoms with Gasteiger partial charge in [-0.15, -0.1) is 0 Å². The number of amides is 1. The van der Waals surface area contributed by atoms with Crippen LogP contribution in [0.5, 0.6) is 11.5 Å². The van der Waals surface area contributed by atoms with Crippen molar-refractivity contribution in [2.24, 2.45) is 0 Å². The highest BCUT2D eigenvalue weighted by molar-refractivity contribution is 6.01. The van der Waals surface area contributed by atoms with Gasteiger partial charge in [-0.2, -0.15) is 0 Å². The number of ether oxygens (including phenoxy) is 3. The zero-order chi connectivity index (χ0) is 19.2. The van der Waals surface area contributed by atoms with Gasteiger partial charge in [-0.25, -0.2) is 0 Å². The van der Waals surface area contributed by atoms with Crippen LogP contribution in [0, 0.1) is 0 Å². The molecule has 2 heterocycles. The van der Waals surface area contributed by atoms with Gasteiger partial charge in [0.2, 0.25) is 5.91 Å². The minimum Gasteiger partial charge on any atom is -0.486 e. The summed E-state index contributed by atoms with van der Waals surface area (Å²) in [4.78, 5) is 14.6. The van der Waals surface area contributed by atoms with E-state index >= 15 is 0 Å². The molecule has 2 aliphatic rings. The Kier molecular flexibility index (Phi) is 5.89. The van der Waals surface area contributed by atoms with E-state index in [1.165, 1.54) is 11.6 Å². The van der Waals surface area contributed by atoms with E-state index in [2.05, 4.69) is 22.3 Å². The molecule has 1 amide bonds. The molecule has 146 valence electrons. The maximum atomic E-state index is 12.2. The highest BCUT2D eigenvalue weighted by atomic mass is 16.6. The van der Waals surface area contributed by atoms with E-state index in [9.17, 15) is 4.79 Å². The number of anilines is 1. The van der Waals surface area contributed by atoms with E-state index in [4.69, 9.17) is 14.2 Å². The Hall–Kier alpha value is -2.83. The van der Waals surface area contributed by atoms with Crippen LogP contribution in [0.4, 0.5) is 5.69 Å². The van der Waals surface area contributed by atoms with E-state index in [1.807, 2.05) is 30.3 Å². The molecule has 0 aliphatic carbocycles. The molecule has 4 rings (SSSR count). The van der Waals surface area contributed by atoms with Crippen LogP contribution in [-0.4, -0.2) is 50.3 Å². The monoisotopic (exact) mass is 380 g/mol. The Morgan fingerprint density at radius 1 is 0.964 bits per heavy atom. The fourth-order valence-electron chi connectivity index (χ4n) is 3.23. The third kappa shape index (κ3) is 4.91. The summed E-state index contributed by atoms with van der Waals surface area (Å²) in [5.41, 5.74) is 2.90. The van der Waals surface area contributed by atoms with Crippen molar-refractivity contribution in [2.45, 2.75) is 6.54 Å². The summed E-state index contributed by atoms with van der Waals surface area (Å²) in [5, 5.41) is 2.89. The molecule has 0 unspecified atom stereocenters. The second-order valence-corrected chi connectivity index (χ2v) is 6.81. The van der Waals surface area contributed by atoms with Crippen molar-refractivity contribution < 1.29 is 19.0 Å². The fourth-order valence-corrected chi connectivity index (χ4v) is 3.23. The molecule has 2 aromatic rings. The number of hydrogen-bond acceptors (Lipinski definition) is 5. The number of nitrogens with zero attached hydrogens (tertiary/aromatic N) is 1. The van der Waals surface area contributed by atoms with E-state index in [0.29, 0.717) is 19.0 Å². The van der Waals surface area contributed by atoms with Gasteiger partial charge in [-0.3, -0.25) is 9.69 Å². The van der Waals surface area contributed by atoms with Crippen LogP contribution in [-0.2, 0) is 16.1 Å². The first kappa shape index (κ1) is 18.5. The molecule has 0 bridgehead atoms. The number of hydrogen-bond donors (Lipinski definition) is 1. The molecule has 1 N–H and O–H groups in total. The van der Waals surface area contributed by atoms with Crippen molar-refractivity contribution in [1.82, 2.24) is 4.90 Å². The van der Waals surface area contributed by atoms with E-state index < -0.39 is 0 Å². The van der Waals surface area contributed by atoms with Crippen LogP contribution < -0.4 is 14.8 Å². The van der Waals surface area contributed by atoms with Crippen molar-refractivity contribution in [1.29, 1.82) is 0 Å². The van der Waals surface area contributed by atoms with E-state index in [1.54, 1.807) is 6.08 Å². The third-order valence-corrected chi connectivity index (χ3v) is 4.72. The first-order chi connectivity index (χ1) is 13.8. The first-order valence-corrected chi connectivity index (χ1v) is 9.54. The second-order valence-electron chi connectivity index (χ2n) is 6.81. The molecule has 2 aromatic carbocycles. The number of nitrogens with one attached hydrogen (secondary N) is 1. The molecular formula is C22H24N2O4. The quantitative estimate of drug-likeness (QED) is 0.809. The summed E-state index contributed by atoms with van der Waals surface area (Å²) < 4.78 is 16.4. The lowest BCUT2D eigenvalue weighted by Crippen LogP contribution is -2.35. The lowest BCUT2D eigenvalue weighted by atomic mass is 10.1. The standard InChI is InChI=1S/C22H24N2O4/c25-22(8-4-17-3-7-20-21(15-17)28-14-13-27-20)23-19-5-1-18(2-6-19)16-24-9-11-26-12-10-24/h1-8,15H,9-14,16H2,(H,23,25)/b8-4+. The summed E-state index contributed by atoms with van der Waals surface area (Å²) in [7, 11) is 0. The Labute approximate surface area is 164 Å². The summed E-state index contributed by atoms with van der Waals surface area (Å²) in [6, 6.07) is 13.6. The van der Waals surface area contributed by atoms with Gasteiger partial charge in [-0.05, 0) is 41.5 Å². The van der Waals surface area contributed by atoms with Gasteiger partial charge in [0.1, 0.15) is 13.2 Å². The molecule has 1 fully saturated rings. The zero-order valence-electron chi connectivity index (χ0n) is 15.7. The molecule has 0 saturated carbocycles. The van der Waals surface area contributed by atoms with Gasteiger partial charge in [0.15, 0.2) is 11.5 Å². The van der Waals surface area contributed by atoms with Crippen molar-refractivity contribution in [3.05, 3.63) is 59.7 Å². The van der Waals surface area contributed by atoms with Crippen LogP contribution >= 0.6 is 0 Å². The number of rotatable bonds is 5. The Bertz CT molecular complexity index is 842. The van der Waals surface area contributed by atoms with Crippen molar-refractivity contribution in [3.63, 3.8) is 0 Å². The molecule has 6 heteroatoms. The largest absolute Gasteiger partial charge is 0.486 e. The predicted molar refractivity (Wildman–Crippen MR) is 108 cm³/mol. The van der Waals surface area contributed by atoms with Crippen molar-refractivity contribution in [2.75, 3.05) is 44.8 Å². The molecule has 0 atom stereocenters. The minimum absolute atomic E-state index is 0.171. The smallest absolute Gasteiger partial charge is 0.248 e. The Balaban J connectivity index is 1.31. The summed E-state index contributed by atoms with van der Waals surface area (Å²) >= 11 is 0. The van der Waals surface area contributed by atoms with Crippen LogP contribution in [0.2, 0.25) is 0 Å². The van der Waals surface area contributed by atoms with Gasteiger partial charge in [0.25, 0.3) is 0 Å². The molecule has 6 nitrogen and oxygen atoms in total. The van der Waals surface area contributed by atoms with E-state index in [0.717, 1.165) is 49.8 Å². The van der Waals surface area contributed by atoms with Crippen LogP contribution in [0.3, 0.4) is 0 Å². The Morgan fingerprint density at radius 3 is 2.50 bits per heavy atom. The zero-order valence-corrected chi connectivity index (χ0v) is 15.7. The summed E-state index contributed by atoms with van der Waals surface area (Å²) in [6.07, 6.45) is 3.29. The van der Waals surface area contributed by atoms with Gasteiger partial charge >= 0.3 is 0 Å². The molecule has 0 spiro atoms. The second kappa shape index (κ2) is 8.91. The fraction of sp³-hybridized carbons (Fsp3) is 0.318. The topological polar surface area (TPSA) is 60.0 Å². The number of fused-ring (bicyclic) bond motifs is 1. The number of benzene rings is 2. The maximum absolute atomic E-state index is 12.2. The van der Waals surface area contributed by atoms with Crippen molar-refractivity contribution in [3.8, 4) is 11.5 Å². The molecular weight excluding hydrogens is 356 g/mol. The average molecular weight is 380 g/mol. The predicted octanol–water partition coefficient (Wildman–Crippen LogP) is 2.94. The van der Waals surface area contributed by atoms with Crippen LogP contribution in [0.25, 0.3) is 6.08 Å². The summed E-state index contributed by atoms with van der Waals surface area (Å²) in [6.45, 7) is 5.53. The number of morpholine rings is 1. The number of carbonyl (C=O) groups excluding carboxylic acids is 1. The summed E-state index contributed by atoms with van der Waals surface area (Å²) in [5.74, 6) is 1.28. The van der Waals surface area contributed by atoms with E-state index in [-0.39, 0.29) is 5.91 Å². The molecule has 28 heavy (non-hydrogen) atoms. The Morgan fingerprint density at radius 2 is 1.71 bits per heavy atom. The van der Waals surface area contributed by atoms with Crippen LogP contribution in [0.1, 0.15) is 11.1 Å². The molecule has 0 radical (unpaired) electrons. The van der Waals surface area contributed by atoms with Crippen LogP contribution in [0.15, 0.2) is 48.5 Å². The van der Waals surface area contributed by atoms with Gasteiger partial charge in [0, 0.05) is 31.4 Å². The van der Waals surface area contributed by atoms with Gasteiger partial charge in [0.05, 0.1) is 13.2 Å². The first-order valence-electron chi connectivity index (χ1n) is 9.54. The van der Waals surface area contributed by atoms with Crippen molar-refractivity contribution >= 4 is 17.7 Å². The normalized spacial score (nSPS) is 16.9. The van der Waals surface area contributed by atoms with Gasteiger partial charge in [-0.1, -0.05) is 18.2 Å². The highest BCUT2D eigenvalue weighted by Crippen LogP contribution is 2.31. The third-order valence-electron chi connectivity index (χ3n) is 4.72. The lowest BCUT2D eigenvalue weighted by molar-refractivity contribution is -0.111. The maximum Gasteiger partial charge on any atom is 0.248 e. The molecule has 1 saturated heterocycles. The SMILES string of the molecule is O=C(/C=C/c1ccc2c(c1)OCCO2)Nc1ccc(CN2CCOCC2)cc1. The average Bonchev–Trinajstić information content (AvgIpc) is 2.74. The lowest BCUT2D eigenvalue weighted by Gasteiger charge is -2.26. The highest BCUT2D eigenvalue weighted by Gasteiger charge is 2.12. The minimum atomic E-state index is -0.171. The molecule has 2 aliphatic heterocycles.